The van der Waals surface area contributed by atoms with Crippen LogP contribution < -0.4 is 5.32 Å². The molecule has 1 unspecified atom stereocenters. The van der Waals surface area contributed by atoms with E-state index in [0.29, 0.717) is 6.04 Å². The van der Waals surface area contributed by atoms with Crippen molar-refractivity contribution in [2.45, 2.75) is 25.3 Å². The van der Waals surface area contributed by atoms with Gasteiger partial charge in [-0.3, -0.25) is 9.88 Å². The van der Waals surface area contributed by atoms with Crippen LogP contribution >= 0.6 is 0 Å². The Bertz CT molecular complexity index is 444. The quantitative estimate of drug-likeness (QED) is 0.901. The first kappa shape index (κ1) is 15.9. The van der Waals surface area contributed by atoms with Crippen molar-refractivity contribution in [1.82, 2.24) is 20.1 Å². The summed E-state index contributed by atoms with van der Waals surface area (Å²) in [5.41, 5.74) is 1.38. The standard InChI is InChI=1S/C18H30N4/c1-21(13-15-5-3-8-19-11-15)14-17-7-10-22(2)18(17)16-6-4-9-20-12-16/h4,6,9,12,15,17-19H,3,5,7-8,10-11,13-14H2,1-2H3/t15?,17-,18-/m0/s1. The molecule has 3 atom stereocenters. The molecule has 0 amide bonds. The lowest BCUT2D eigenvalue weighted by Crippen LogP contribution is -2.39. The van der Waals surface area contributed by atoms with Crippen molar-refractivity contribution in [3.8, 4) is 0 Å². The van der Waals surface area contributed by atoms with Gasteiger partial charge in [-0.05, 0) is 76.5 Å². The minimum absolute atomic E-state index is 0.528. The number of hydrogen-bond acceptors (Lipinski definition) is 4. The Morgan fingerprint density at radius 3 is 3.00 bits per heavy atom. The lowest BCUT2D eigenvalue weighted by Gasteiger charge is -2.31. The Morgan fingerprint density at radius 1 is 1.36 bits per heavy atom. The van der Waals surface area contributed by atoms with Gasteiger partial charge in [-0.25, -0.2) is 0 Å². The molecule has 0 saturated carbocycles. The van der Waals surface area contributed by atoms with E-state index in [1.807, 2.05) is 12.4 Å². The zero-order chi connectivity index (χ0) is 15.4. The number of nitrogens with one attached hydrogen (secondary N) is 1. The molecule has 1 aromatic rings. The third-order valence-electron chi connectivity index (χ3n) is 5.31. The summed E-state index contributed by atoms with van der Waals surface area (Å²) < 4.78 is 0. The number of aromatic nitrogens is 1. The van der Waals surface area contributed by atoms with Crippen LogP contribution in [0.4, 0.5) is 0 Å². The van der Waals surface area contributed by atoms with Gasteiger partial charge in [-0.1, -0.05) is 6.07 Å². The third kappa shape index (κ3) is 3.86. The maximum absolute atomic E-state index is 4.32. The second-order valence-corrected chi connectivity index (χ2v) is 7.19. The monoisotopic (exact) mass is 302 g/mol. The highest BCUT2D eigenvalue weighted by atomic mass is 15.2. The number of hydrogen-bond donors (Lipinski definition) is 1. The minimum atomic E-state index is 0.528. The highest BCUT2D eigenvalue weighted by molar-refractivity contribution is 5.17. The van der Waals surface area contributed by atoms with Gasteiger partial charge in [0.2, 0.25) is 0 Å². The van der Waals surface area contributed by atoms with Gasteiger partial charge in [0.05, 0.1) is 0 Å². The average molecular weight is 302 g/mol. The van der Waals surface area contributed by atoms with Crippen LogP contribution in [-0.4, -0.2) is 61.6 Å². The number of nitrogens with zero attached hydrogens (tertiary/aromatic N) is 3. The zero-order valence-corrected chi connectivity index (χ0v) is 14.0. The molecule has 0 aliphatic carbocycles. The van der Waals surface area contributed by atoms with Gasteiger partial charge in [-0.15, -0.1) is 0 Å². The van der Waals surface area contributed by atoms with Gasteiger partial charge in [0.25, 0.3) is 0 Å². The highest BCUT2D eigenvalue weighted by Gasteiger charge is 2.33. The molecule has 1 N–H and O–H groups in total. The lowest BCUT2D eigenvalue weighted by molar-refractivity contribution is 0.188. The molecule has 0 spiro atoms. The molecule has 0 aromatic carbocycles. The molecular weight excluding hydrogens is 272 g/mol. The topological polar surface area (TPSA) is 31.4 Å². The molecule has 2 saturated heterocycles. The van der Waals surface area contributed by atoms with Crippen LogP contribution in [-0.2, 0) is 0 Å². The van der Waals surface area contributed by atoms with Crippen LogP contribution in [0, 0.1) is 11.8 Å². The molecule has 122 valence electrons. The predicted octanol–water partition coefficient (Wildman–Crippen LogP) is 2.01. The normalized spacial score (nSPS) is 30.0. The molecule has 1 aromatic heterocycles. The predicted molar refractivity (Wildman–Crippen MR) is 90.8 cm³/mol. The molecule has 2 fully saturated rings. The van der Waals surface area contributed by atoms with E-state index in [1.165, 1.54) is 57.5 Å². The number of piperidine rings is 1. The Labute approximate surface area is 134 Å². The molecule has 2 aliphatic heterocycles. The fraction of sp³-hybridized carbons (Fsp3) is 0.722. The highest BCUT2D eigenvalue weighted by Crippen LogP contribution is 2.36. The van der Waals surface area contributed by atoms with Crippen molar-refractivity contribution in [3.05, 3.63) is 30.1 Å². The fourth-order valence-electron chi connectivity index (χ4n) is 4.29. The summed E-state index contributed by atoms with van der Waals surface area (Å²) in [5, 5.41) is 3.53. The number of rotatable bonds is 5. The van der Waals surface area contributed by atoms with Crippen LogP contribution in [0.2, 0.25) is 0 Å². The Morgan fingerprint density at radius 2 is 2.27 bits per heavy atom. The Kier molecular flexibility index (Phi) is 5.45. The van der Waals surface area contributed by atoms with Crippen LogP contribution in [0.25, 0.3) is 0 Å². The van der Waals surface area contributed by atoms with Crippen LogP contribution in [0.1, 0.15) is 30.9 Å². The molecule has 22 heavy (non-hydrogen) atoms. The van der Waals surface area contributed by atoms with Crippen LogP contribution in [0.5, 0.6) is 0 Å². The summed E-state index contributed by atoms with van der Waals surface area (Å²) in [5.74, 6) is 1.55. The largest absolute Gasteiger partial charge is 0.316 e. The lowest BCUT2D eigenvalue weighted by atomic mass is 9.93. The molecule has 4 nitrogen and oxygen atoms in total. The first-order chi connectivity index (χ1) is 10.7. The van der Waals surface area contributed by atoms with Gasteiger partial charge in [-0.2, -0.15) is 0 Å². The van der Waals surface area contributed by atoms with E-state index in [1.54, 1.807) is 0 Å². The zero-order valence-electron chi connectivity index (χ0n) is 14.0. The smallest absolute Gasteiger partial charge is 0.0401 e. The van der Waals surface area contributed by atoms with Crippen molar-refractivity contribution in [1.29, 1.82) is 0 Å². The first-order valence-corrected chi connectivity index (χ1v) is 8.73. The maximum Gasteiger partial charge on any atom is 0.0401 e. The van der Waals surface area contributed by atoms with Crippen molar-refractivity contribution in [2.24, 2.45) is 11.8 Å². The molecule has 3 rings (SSSR count). The minimum Gasteiger partial charge on any atom is -0.316 e. The van der Waals surface area contributed by atoms with E-state index >= 15 is 0 Å². The summed E-state index contributed by atoms with van der Waals surface area (Å²) in [6, 6.07) is 4.83. The van der Waals surface area contributed by atoms with Crippen molar-refractivity contribution in [2.75, 3.05) is 46.8 Å². The fourth-order valence-corrected chi connectivity index (χ4v) is 4.29. The molecular formula is C18H30N4. The Hall–Kier alpha value is -0.970. The summed E-state index contributed by atoms with van der Waals surface area (Å²) in [7, 11) is 4.55. The summed E-state index contributed by atoms with van der Waals surface area (Å²) in [6.07, 6.45) is 7.93. The molecule has 0 bridgehead atoms. The van der Waals surface area contributed by atoms with Crippen LogP contribution in [0.15, 0.2) is 24.5 Å². The van der Waals surface area contributed by atoms with Crippen LogP contribution in [0.3, 0.4) is 0 Å². The second kappa shape index (κ2) is 7.53. The number of pyridine rings is 1. The molecule has 3 heterocycles. The summed E-state index contributed by atoms with van der Waals surface area (Å²) in [6.45, 7) is 6.02. The van der Waals surface area contributed by atoms with E-state index in [4.69, 9.17) is 0 Å². The van der Waals surface area contributed by atoms with Gasteiger partial charge in [0.1, 0.15) is 0 Å². The van der Waals surface area contributed by atoms with E-state index in [0.717, 1.165) is 11.8 Å². The van der Waals surface area contributed by atoms with E-state index < -0.39 is 0 Å². The van der Waals surface area contributed by atoms with Gasteiger partial charge < -0.3 is 10.2 Å². The molecule has 0 radical (unpaired) electrons. The SMILES string of the molecule is CN(CC1CCCNC1)C[C@@H]1CCN(C)[C@H]1c1cccnc1. The summed E-state index contributed by atoms with van der Waals surface area (Å²) in [4.78, 5) is 9.38. The molecule has 2 aliphatic rings. The van der Waals surface area contributed by atoms with Crippen molar-refractivity contribution >= 4 is 0 Å². The van der Waals surface area contributed by atoms with Gasteiger partial charge in [0.15, 0.2) is 0 Å². The third-order valence-corrected chi connectivity index (χ3v) is 5.31. The summed E-state index contributed by atoms with van der Waals surface area (Å²) >= 11 is 0. The maximum atomic E-state index is 4.32. The van der Waals surface area contributed by atoms with E-state index in [2.05, 4.69) is 46.3 Å². The van der Waals surface area contributed by atoms with E-state index in [9.17, 15) is 0 Å². The van der Waals surface area contributed by atoms with Gasteiger partial charge in [0, 0.05) is 31.5 Å². The van der Waals surface area contributed by atoms with E-state index in [-0.39, 0.29) is 0 Å². The second-order valence-electron chi connectivity index (χ2n) is 7.19. The number of likely N-dealkylation sites (tertiary alicyclic amines) is 1. The average Bonchev–Trinajstić information content (AvgIpc) is 2.89. The molecule has 4 heteroatoms. The van der Waals surface area contributed by atoms with Gasteiger partial charge >= 0.3 is 0 Å². The Balaban J connectivity index is 1.58. The van der Waals surface area contributed by atoms with Crippen molar-refractivity contribution in [3.63, 3.8) is 0 Å². The van der Waals surface area contributed by atoms with Crippen molar-refractivity contribution < 1.29 is 0 Å². The first-order valence-electron chi connectivity index (χ1n) is 8.73.